The summed E-state index contributed by atoms with van der Waals surface area (Å²) in [6, 6.07) is 0. The molecule has 0 spiro atoms. The van der Waals surface area contributed by atoms with Crippen LogP contribution < -0.4 is 29.6 Å². The van der Waals surface area contributed by atoms with Crippen molar-refractivity contribution < 1.29 is 31.0 Å². The van der Waals surface area contributed by atoms with Crippen LogP contribution in [-0.4, -0.2) is 0 Å². The van der Waals surface area contributed by atoms with Crippen LogP contribution in [0.5, 0.6) is 0 Å². The molecule has 5 heavy (non-hydrogen) atoms. The van der Waals surface area contributed by atoms with Crippen molar-refractivity contribution in [2.24, 2.45) is 0 Å². The van der Waals surface area contributed by atoms with Gasteiger partial charge in [0.15, 0.2) is 0 Å². The molecule has 0 unspecified atom stereocenters. The van der Waals surface area contributed by atoms with E-state index in [2.05, 4.69) is 6.58 Å². The van der Waals surface area contributed by atoms with Gasteiger partial charge in [0.05, 0.1) is 0 Å². The zero-order valence-electron chi connectivity index (χ0n) is 5.21. The second-order valence-electron chi connectivity index (χ2n) is 1.21. The maximum atomic E-state index is 3.56. The van der Waals surface area contributed by atoms with Gasteiger partial charge in [-0.15, -0.1) is 6.58 Å². The Morgan fingerprint density at radius 1 is 1.60 bits per heavy atom. The van der Waals surface area contributed by atoms with Gasteiger partial charge in [-0.3, -0.25) is 0 Å². The molecule has 0 bridgehead atoms. The molecule has 0 aromatic carbocycles. The van der Waals surface area contributed by atoms with E-state index in [-0.39, 0.29) is 31.0 Å². The molecule has 0 atom stereocenters. The Morgan fingerprint density at radius 3 is 1.60 bits per heavy atom. The molecule has 0 amide bonds. The molecule has 0 radical (unpaired) electrons. The topological polar surface area (TPSA) is 0 Å². The Balaban J connectivity index is -0.0000000450. The number of rotatable bonds is 0. The molecule has 0 saturated carbocycles. The maximum Gasteiger partial charge on any atom is 1.00 e. The fourth-order valence-corrected chi connectivity index (χ4v) is 0. The third kappa shape index (κ3) is 65.0. The fourth-order valence-electron chi connectivity index (χ4n) is 0. The zero-order chi connectivity index (χ0) is 3.58. The summed E-state index contributed by atoms with van der Waals surface area (Å²) in [6.07, 6.45) is 0. The van der Waals surface area contributed by atoms with E-state index in [1.807, 2.05) is 13.8 Å². The molecule has 0 N–H and O–H groups in total. The Morgan fingerprint density at radius 2 is 1.60 bits per heavy atom. The van der Waals surface area contributed by atoms with Crippen LogP contribution >= 0.6 is 0 Å². The molecule has 0 saturated heterocycles. The zero-order valence-corrected chi connectivity index (χ0v) is 6.21. The predicted molar refractivity (Wildman–Crippen MR) is 21.6 cm³/mol. The van der Waals surface area contributed by atoms with Gasteiger partial charge in [-0.25, -0.2) is 0 Å². The van der Waals surface area contributed by atoms with E-state index < -0.39 is 0 Å². The molecule has 0 rings (SSSR count). The fraction of sp³-hybridized carbons (Fsp3) is 0.500. The minimum atomic E-state index is 0. The van der Waals surface area contributed by atoms with Gasteiger partial charge in [0.1, 0.15) is 0 Å². The van der Waals surface area contributed by atoms with Gasteiger partial charge in [-0.2, -0.15) is 0 Å². The molecule has 0 aromatic heterocycles. The van der Waals surface area contributed by atoms with Crippen LogP contribution in [-0.2, 0) is 0 Å². The van der Waals surface area contributed by atoms with Crippen LogP contribution in [0.3, 0.4) is 0 Å². The largest absolute Gasteiger partial charge is 1.00 e. The van der Waals surface area contributed by atoms with Crippen LogP contribution in [0.4, 0.5) is 0 Å². The number of allylic oxidation sites excluding steroid dienone is 1. The smallest absolute Gasteiger partial charge is 1.00 e. The average molecular weight is 80.1 g/mol. The molecule has 0 aliphatic heterocycles. The third-order valence-electron chi connectivity index (χ3n) is 0. The summed E-state index contributed by atoms with van der Waals surface area (Å²) < 4.78 is 0. The van der Waals surface area contributed by atoms with Crippen LogP contribution in [0.15, 0.2) is 12.2 Å². The van der Waals surface area contributed by atoms with Gasteiger partial charge in [-0.05, 0) is 13.8 Å². The Hall–Kier alpha value is 0.740. The van der Waals surface area contributed by atoms with Gasteiger partial charge >= 0.3 is 29.6 Å². The first kappa shape index (κ1) is 9.22. The summed E-state index contributed by atoms with van der Waals surface area (Å²) >= 11 is 0. The normalized spacial score (nSPS) is 5.20. The average Bonchev–Trinajstić information content (AvgIpc) is 0.811. The van der Waals surface area contributed by atoms with Crippen molar-refractivity contribution in [2.45, 2.75) is 13.8 Å². The molecule has 0 heterocycles. The van der Waals surface area contributed by atoms with Crippen LogP contribution in [0, 0.1) is 0 Å². The first-order valence-electron chi connectivity index (χ1n) is 1.35. The summed E-state index contributed by atoms with van der Waals surface area (Å²) in [5.41, 5.74) is 1.17. The maximum absolute atomic E-state index is 3.56. The van der Waals surface area contributed by atoms with Crippen molar-refractivity contribution in [3.05, 3.63) is 12.2 Å². The quantitative estimate of drug-likeness (QED) is 0.250. The first-order chi connectivity index (χ1) is 1.73. The van der Waals surface area contributed by atoms with Gasteiger partial charge in [0, 0.05) is 0 Å². The molecule has 0 nitrogen and oxygen atoms in total. The van der Waals surface area contributed by atoms with E-state index >= 15 is 0 Å². The van der Waals surface area contributed by atoms with E-state index in [4.69, 9.17) is 0 Å². The summed E-state index contributed by atoms with van der Waals surface area (Å²) in [7, 11) is 0. The van der Waals surface area contributed by atoms with Gasteiger partial charge in [-0.1, -0.05) is 5.57 Å². The second kappa shape index (κ2) is 4.74. The minimum absolute atomic E-state index is 0. The Bertz CT molecular complexity index is 30.5. The number of hydrogen-bond donors (Lipinski definition) is 0. The molecule has 0 fully saturated rings. The molecular formula is C4H9Na. The van der Waals surface area contributed by atoms with E-state index in [0.717, 1.165) is 0 Å². The van der Waals surface area contributed by atoms with Crippen molar-refractivity contribution in [2.75, 3.05) is 0 Å². The standard InChI is InChI=1S/C4H8.Na.H/c1-4(2)3;;/h1H2,2-3H3;;/q;+1;-1. The molecule has 0 aliphatic rings. The predicted octanol–water partition coefficient (Wildman–Crippen LogP) is -1.30. The number of hydrogen-bond acceptors (Lipinski definition) is 0. The van der Waals surface area contributed by atoms with Gasteiger partial charge in [0.25, 0.3) is 0 Å². The van der Waals surface area contributed by atoms with Gasteiger partial charge in [0.2, 0.25) is 0 Å². The molecule has 0 aromatic rings. The summed E-state index contributed by atoms with van der Waals surface area (Å²) in [5.74, 6) is 0. The molecular weight excluding hydrogens is 71.0 g/mol. The van der Waals surface area contributed by atoms with Crippen molar-refractivity contribution in [1.29, 1.82) is 0 Å². The summed E-state index contributed by atoms with van der Waals surface area (Å²) in [6.45, 7) is 7.50. The van der Waals surface area contributed by atoms with Crippen LogP contribution in [0.2, 0.25) is 0 Å². The van der Waals surface area contributed by atoms with Gasteiger partial charge < -0.3 is 1.43 Å². The van der Waals surface area contributed by atoms with E-state index in [1.165, 1.54) is 5.57 Å². The van der Waals surface area contributed by atoms with E-state index in [0.29, 0.717) is 0 Å². The van der Waals surface area contributed by atoms with Crippen molar-refractivity contribution >= 4 is 0 Å². The molecule has 0 aliphatic carbocycles. The monoisotopic (exact) mass is 80.1 g/mol. The van der Waals surface area contributed by atoms with Crippen molar-refractivity contribution in [1.82, 2.24) is 0 Å². The van der Waals surface area contributed by atoms with Crippen LogP contribution in [0.1, 0.15) is 15.3 Å². The third-order valence-corrected chi connectivity index (χ3v) is 0. The Labute approximate surface area is 57.0 Å². The van der Waals surface area contributed by atoms with E-state index in [9.17, 15) is 0 Å². The SMILES string of the molecule is C=C(C)C.[H-].[Na+]. The van der Waals surface area contributed by atoms with Crippen molar-refractivity contribution in [3.63, 3.8) is 0 Å². The molecule has 26 valence electrons. The Kier molecular flexibility index (Phi) is 8.74. The molecule has 1 heteroatoms. The van der Waals surface area contributed by atoms with Crippen LogP contribution in [0.25, 0.3) is 0 Å². The second-order valence-corrected chi connectivity index (χ2v) is 1.21. The minimum Gasteiger partial charge on any atom is -1.00 e. The van der Waals surface area contributed by atoms with E-state index in [1.54, 1.807) is 0 Å². The first-order valence-corrected chi connectivity index (χ1v) is 1.35. The summed E-state index contributed by atoms with van der Waals surface area (Å²) in [5, 5.41) is 0. The summed E-state index contributed by atoms with van der Waals surface area (Å²) in [4.78, 5) is 0. The van der Waals surface area contributed by atoms with Crippen molar-refractivity contribution in [3.8, 4) is 0 Å².